The molecule has 3 heterocycles. The Hall–Kier alpha value is -1.27. The number of aromatic nitrogens is 1. The fraction of sp³-hybridized carbons (Fsp3) is 0.615. The quantitative estimate of drug-likeness (QED) is 0.774. The Morgan fingerprint density at radius 1 is 1.32 bits per heavy atom. The number of nitrogens with zero attached hydrogens (tertiary/aromatic N) is 1. The molecule has 2 aliphatic heterocycles. The van der Waals surface area contributed by atoms with Crippen LogP contribution in [0.25, 0.3) is 0 Å². The van der Waals surface area contributed by atoms with E-state index >= 15 is 0 Å². The maximum atomic E-state index is 7.73. The molecule has 6 heteroatoms. The lowest BCUT2D eigenvalue weighted by Gasteiger charge is -2.32. The molecule has 1 N–H and O–H groups in total. The van der Waals surface area contributed by atoms with E-state index in [2.05, 4.69) is 10.3 Å². The third-order valence-electron chi connectivity index (χ3n) is 3.79. The zero-order valence-electron chi connectivity index (χ0n) is 15.4. The van der Waals surface area contributed by atoms with E-state index in [1.54, 1.807) is 6.07 Å². The second-order valence-corrected chi connectivity index (χ2v) is 5.66. The maximum absolute atomic E-state index is 7.73. The van der Waals surface area contributed by atoms with Crippen LogP contribution in [-0.2, 0) is 9.31 Å². The van der Waals surface area contributed by atoms with Gasteiger partial charge in [0, 0.05) is 18.2 Å². The van der Waals surface area contributed by atoms with Crippen molar-refractivity contribution < 1.29 is 19.5 Å². The van der Waals surface area contributed by atoms with Crippen molar-refractivity contribution in [3.63, 3.8) is 0 Å². The first-order valence-electron chi connectivity index (χ1n) is 8.17. The van der Waals surface area contributed by atoms with Crippen LogP contribution in [0.15, 0.2) is 12.3 Å². The van der Waals surface area contributed by atoms with Crippen molar-refractivity contribution in [2.24, 2.45) is 0 Å². The number of hydrogen-bond acceptors (Lipinski definition) is 5. The van der Waals surface area contributed by atoms with Crippen molar-refractivity contribution in [2.45, 2.75) is 38.9 Å². The summed E-state index contributed by atoms with van der Waals surface area (Å²) in [6.07, 6.45) is 1.49. The molecule has 0 unspecified atom stereocenters. The van der Waals surface area contributed by atoms with Crippen molar-refractivity contribution >= 4 is 18.3 Å². The lowest BCUT2D eigenvalue weighted by molar-refractivity contribution is 0.00578. The molecule has 0 radical (unpaired) electrons. The fourth-order valence-corrected chi connectivity index (χ4v) is 1.91. The Balaban J connectivity index is 1.92. The van der Waals surface area contributed by atoms with E-state index in [4.69, 9.17) is 19.5 Å². The van der Waals surface area contributed by atoms with Crippen LogP contribution in [0.5, 0.6) is 5.88 Å². The Labute approximate surface area is 119 Å². The van der Waals surface area contributed by atoms with Gasteiger partial charge in [0.1, 0.15) is 6.56 Å². The topological polar surface area (TPSA) is 52.6 Å². The second kappa shape index (κ2) is 4.11. The van der Waals surface area contributed by atoms with E-state index in [0.29, 0.717) is 5.46 Å². The first kappa shape index (κ1) is 8.82. The van der Waals surface area contributed by atoms with Crippen LogP contribution < -0.4 is 15.5 Å². The van der Waals surface area contributed by atoms with Crippen LogP contribution in [0.3, 0.4) is 0 Å². The Bertz CT molecular complexity index is 638. The number of fused-ring (bicyclic) bond motifs is 1. The number of ether oxygens (including phenoxy) is 1. The molecule has 0 amide bonds. The molecule has 2 aliphatic rings. The zero-order valence-corrected chi connectivity index (χ0v) is 11.4. The summed E-state index contributed by atoms with van der Waals surface area (Å²) in [5, 5.41) is 2.49. The third kappa shape index (κ3) is 2.09. The van der Waals surface area contributed by atoms with Gasteiger partial charge >= 0.3 is 7.12 Å². The number of pyridine rings is 1. The van der Waals surface area contributed by atoms with E-state index in [1.807, 2.05) is 27.7 Å². The van der Waals surface area contributed by atoms with Gasteiger partial charge in [-0.05, 0) is 33.8 Å². The van der Waals surface area contributed by atoms with Gasteiger partial charge in [0.15, 0.2) is 0 Å². The summed E-state index contributed by atoms with van der Waals surface area (Å²) in [6.45, 7) is 2.86. The van der Waals surface area contributed by atoms with Crippen molar-refractivity contribution in [1.29, 1.82) is 0 Å². The molecular formula is C13H19BN2O3. The molecule has 0 saturated carbocycles. The lowest BCUT2D eigenvalue weighted by Crippen LogP contribution is -2.41. The highest BCUT2D eigenvalue weighted by molar-refractivity contribution is 6.62. The minimum atomic E-state index is -2.52. The van der Waals surface area contributed by atoms with Gasteiger partial charge in [-0.2, -0.15) is 0 Å². The molecule has 1 fully saturated rings. The van der Waals surface area contributed by atoms with E-state index < -0.39 is 31.4 Å². The van der Waals surface area contributed by atoms with Crippen LogP contribution >= 0.6 is 0 Å². The fourth-order valence-electron chi connectivity index (χ4n) is 1.91. The van der Waals surface area contributed by atoms with Crippen LogP contribution in [0.4, 0.5) is 5.69 Å². The predicted octanol–water partition coefficient (Wildman–Crippen LogP) is 1.19. The SMILES string of the molecule is [2H]C1([2H])Nc2cc(B3OC(C)(C)C(C)(C)O3)cnc2OC1([2H])[2H]. The summed E-state index contributed by atoms with van der Waals surface area (Å²) in [4.78, 5) is 4.07. The van der Waals surface area contributed by atoms with Crippen LogP contribution in [0, 0.1) is 0 Å². The lowest BCUT2D eigenvalue weighted by atomic mass is 9.80. The number of nitrogens with one attached hydrogen (secondary N) is 1. The molecule has 0 aromatic carbocycles. The Morgan fingerprint density at radius 3 is 2.68 bits per heavy atom. The molecule has 1 aromatic heterocycles. The Morgan fingerprint density at radius 2 is 2.00 bits per heavy atom. The van der Waals surface area contributed by atoms with Crippen molar-refractivity contribution in [3.8, 4) is 5.88 Å². The summed E-state index contributed by atoms with van der Waals surface area (Å²) in [5.41, 5.74) is -0.123. The van der Waals surface area contributed by atoms with E-state index in [-0.39, 0.29) is 11.6 Å². The third-order valence-corrected chi connectivity index (χ3v) is 3.79. The van der Waals surface area contributed by atoms with Gasteiger partial charge in [0.05, 0.1) is 22.4 Å². The molecule has 3 rings (SSSR count). The monoisotopic (exact) mass is 266 g/mol. The van der Waals surface area contributed by atoms with Gasteiger partial charge in [0.2, 0.25) is 5.88 Å². The summed E-state index contributed by atoms with van der Waals surface area (Å²) in [5.74, 6) is 0.00499. The van der Waals surface area contributed by atoms with Crippen LogP contribution in [0.1, 0.15) is 33.2 Å². The van der Waals surface area contributed by atoms with E-state index in [1.165, 1.54) is 6.20 Å². The molecule has 5 nitrogen and oxygen atoms in total. The van der Waals surface area contributed by atoms with Gasteiger partial charge in [-0.3, -0.25) is 0 Å². The molecule has 0 aliphatic carbocycles. The smallest absolute Gasteiger partial charge is 0.474 e. The predicted molar refractivity (Wildman–Crippen MR) is 73.9 cm³/mol. The number of rotatable bonds is 1. The second-order valence-electron chi connectivity index (χ2n) is 5.66. The highest BCUT2D eigenvalue weighted by Crippen LogP contribution is 2.36. The van der Waals surface area contributed by atoms with Gasteiger partial charge in [-0.1, -0.05) is 0 Å². The number of anilines is 1. The largest absolute Gasteiger partial charge is 0.496 e. The molecule has 1 aromatic rings. The molecule has 0 bridgehead atoms. The zero-order chi connectivity index (χ0) is 17.3. The maximum Gasteiger partial charge on any atom is 0.496 e. The van der Waals surface area contributed by atoms with Crippen molar-refractivity contribution in [1.82, 2.24) is 4.98 Å². The van der Waals surface area contributed by atoms with Gasteiger partial charge in [0.25, 0.3) is 0 Å². The van der Waals surface area contributed by atoms with Crippen LogP contribution in [-0.4, -0.2) is 36.4 Å². The van der Waals surface area contributed by atoms with Gasteiger partial charge in [-0.25, -0.2) is 4.98 Å². The Kier molecular flexibility index (Phi) is 1.91. The summed E-state index contributed by atoms with van der Waals surface area (Å²) in [7, 11) is -0.635. The average molecular weight is 266 g/mol. The molecular weight excluding hydrogens is 243 g/mol. The standard InChI is InChI=1S/C13H19BN2O3/c1-12(2)13(3,4)19-14(18-12)9-7-10-11(16-8-9)17-6-5-15-10/h7-8,15H,5-6H2,1-4H3/i5D2,6D2. The molecule has 19 heavy (non-hydrogen) atoms. The molecule has 102 valence electrons. The first-order valence-corrected chi connectivity index (χ1v) is 6.17. The van der Waals surface area contributed by atoms with Crippen molar-refractivity contribution in [2.75, 3.05) is 18.4 Å². The van der Waals surface area contributed by atoms with Gasteiger partial charge in [-0.15, -0.1) is 0 Å². The number of hydrogen-bond donors (Lipinski definition) is 1. The minimum Gasteiger partial charge on any atom is -0.474 e. The molecule has 0 spiro atoms. The van der Waals surface area contributed by atoms with Gasteiger partial charge < -0.3 is 19.4 Å². The summed E-state index contributed by atoms with van der Waals surface area (Å²) in [6, 6.07) is 1.61. The normalized spacial score (nSPS) is 31.9. The van der Waals surface area contributed by atoms with Crippen LogP contribution in [0.2, 0.25) is 0 Å². The van der Waals surface area contributed by atoms with E-state index in [9.17, 15) is 0 Å². The summed E-state index contributed by atoms with van der Waals surface area (Å²) < 4.78 is 47.6. The van der Waals surface area contributed by atoms with Crippen molar-refractivity contribution in [3.05, 3.63) is 12.3 Å². The molecule has 0 atom stereocenters. The average Bonchev–Trinajstić information content (AvgIpc) is 2.58. The highest BCUT2D eigenvalue weighted by atomic mass is 16.7. The summed E-state index contributed by atoms with van der Waals surface area (Å²) >= 11 is 0. The highest BCUT2D eigenvalue weighted by Gasteiger charge is 2.51. The minimum absolute atomic E-state index is 0.00499. The molecule has 1 saturated heterocycles. The first-order chi connectivity index (χ1) is 10.3. The van der Waals surface area contributed by atoms with E-state index in [0.717, 1.165) is 0 Å².